The summed E-state index contributed by atoms with van der Waals surface area (Å²) in [5, 5.41) is 7.42. The maximum atomic E-state index is 12.4. The van der Waals surface area contributed by atoms with Crippen molar-refractivity contribution in [3.8, 4) is 0 Å². The highest BCUT2D eigenvalue weighted by atomic mass is 16.2. The number of amidine groups is 1. The van der Waals surface area contributed by atoms with Gasteiger partial charge in [0.2, 0.25) is 0 Å². The number of likely N-dealkylation sites (tertiary alicyclic amines) is 1. The first-order chi connectivity index (χ1) is 8.56. The van der Waals surface area contributed by atoms with Gasteiger partial charge in [0, 0.05) is 32.1 Å². The van der Waals surface area contributed by atoms with Crippen LogP contribution >= 0.6 is 0 Å². The molecule has 1 saturated heterocycles. The monoisotopic (exact) mass is 254 g/mol. The number of nitrogens with one attached hydrogen (secondary N) is 1. The largest absolute Gasteiger partial charge is 0.387 e. The van der Waals surface area contributed by atoms with Crippen molar-refractivity contribution in [1.82, 2.24) is 9.80 Å². The Morgan fingerprint density at radius 3 is 2.33 bits per heavy atom. The van der Waals surface area contributed by atoms with Crippen LogP contribution in [0.2, 0.25) is 0 Å². The van der Waals surface area contributed by atoms with Crippen LogP contribution < -0.4 is 5.73 Å². The van der Waals surface area contributed by atoms with Crippen molar-refractivity contribution in [2.45, 2.75) is 39.5 Å². The van der Waals surface area contributed by atoms with Crippen LogP contribution in [0.5, 0.6) is 0 Å². The minimum Gasteiger partial charge on any atom is -0.387 e. The second kappa shape index (κ2) is 7.24. The molecule has 1 heterocycles. The first-order valence-corrected chi connectivity index (χ1v) is 6.94. The zero-order chi connectivity index (χ0) is 13.5. The van der Waals surface area contributed by atoms with Gasteiger partial charge in [-0.2, -0.15) is 0 Å². The lowest BCUT2D eigenvalue weighted by Crippen LogP contribution is -2.46. The highest BCUT2D eigenvalue weighted by Crippen LogP contribution is 2.12. The molecular weight excluding hydrogens is 228 g/mol. The number of amides is 2. The molecule has 3 N–H and O–H groups in total. The number of carbonyl (C=O) groups excluding carboxylic acids is 1. The molecule has 0 spiro atoms. The number of hydrogen-bond acceptors (Lipinski definition) is 2. The van der Waals surface area contributed by atoms with Gasteiger partial charge in [-0.25, -0.2) is 4.79 Å². The van der Waals surface area contributed by atoms with Crippen molar-refractivity contribution in [2.75, 3.05) is 26.2 Å². The van der Waals surface area contributed by atoms with Crippen molar-refractivity contribution in [1.29, 1.82) is 5.41 Å². The van der Waals surface area contributed by atoms with E-state index in [0.717, 1.165) is 25.9 Å². The van der Waals surface area contributed by atoms with Gasteiger partial charge in [-0.15, -0.1) is 0 Å². The molecule has 0 saturated carbocycles. The van der Waals surface area contributed by atoms with E-state index in [-0.39, 0.29) is 17.8 Å². The minimum absolute atomic E-state index is 0.0686. The molecule has 5 heteroatoms. The number of rotatable bonds is 4. The first-order valence-electron chi connectivity index (χ1n) is 6.94. The Morgan fingerprint density at radius 2 is 1.89 bits per heavy atom. The Morgan fingerprint density at radius 1 is 1.33 bits per heavy atom. The fourth-order valence-corrected chi connectivity index (χ4v) is 2.23. The Hall–Kier alpha value is -1.26. The number of urea groups is 1. The third-order valence-corrected chi connectivity index (χ3v) is 3.55. The van der Waals surface area contributed by atoms with E-state index < -0.39 is 0 Å². The molecule has 1 fully saturated rings. The molecule has 0 aromatic carbocycles. The predicted octanol–water partition coefficient (Wildman–Crippen LogP) is 1.88. The van der Waals surface area contributed by atoms with E-state index in [4.69, 9.17) is 11.1 Å². The fraction of sp³-hybridized carbons (Fsp3) is 0.846. The average molecular weight is 254 g/mol. The minimum atomic E-state index is -0.0686. The highest BCUT2D eigenvalue weighted by Gasteiger charge is 2.22. The zero-order valence-corrected chi connectivity index (χ0v) is 11.6. The van der Waals surface area contributed by atoms with E-state index >= 15 is 0 Å². The molecule has 2 amide bonds. The SMILES string of the molecule is CCN(CC(C)C(=N)N)C(=O)N1CCCCCC1. The molecule has 1 atom stereocenters. The predicted molar refractivity (Wildman–Crippen MR) is 73.8 cm³/mol. The topological polar surface area (TPSA) is 73.4 Å². The number of hydrogen-bond donors (Lipinski definition) is 2. The molecule has 0 aliphatic carbocycles. The van der Waals surface area contributed by atoms with Gasteiger partial charge in [0.15, 0.2) is 0 Å². The summed E-state index contributed by atoms with van der Waals surface area (Å²) in [7, 11) is 0. The molecule has 1 rings (SSSR count). The lowest BCUT2D eigenvalue weighted by atomic mass is 10.1. The lowest BCUT2D eigenvalue weighted by Gasteiger charge is -2.30. The van der Waals surface area contributed by atoms with Gasteiger partial charge >= 0.3 is 6.03 Å². The van der Waals surface area contributed by atoms with Crippen LogP contribution in [-0.4, -0.2) is 47.8 Å². The average Bonchev–Trinajstić information content (AvgIpc) is 2.63. The normalized spacial score (nSPS) is 18.0. The Labute approximate surface area is 110 Å². The van der Waals surface area contributed by atoms with Gasteiger partial charge in [0.05, 0.1) is 5.84 Å². The molecule has 1 aliphatic heterocycles. The summed E-state index contributed by atoms with van der Waals surface area (Å²) in [4.78, 5) is 16.1. The van der Waals surface area contributed by atoms with Gasteiger partial charge in [-0.3, -0.25) is 5.41 Å². The summed E-state index contributed by atoms with van der Waals surface area (Å²) in [6.07, 6.45) is 4.65. The van der Waals surface area contributed by atoms with E-state index in [9.17, 15) is 4.79 Å². The van der Waals surface area contributed by atoms with Gasteiger partial charge < -0.3 is 15.5 Å². The van der Waals surface area contributed by atoms with Crippen LogP contribution in [0.4, 0.5) is 4.79 Å². The second-order valence-electron chi connectivity index (χ2n) is 5.08. The van der Waals surface area contributed by atoms with Crippen molar-refractivity contribution in [3.05, 3.63) is 0 Å². The highest BCUT2D eigenvalue weighted by molar-refractivity contribution is 5.80. The van der Waals surface area contributed by atoms with E-state index in [2.05, 4.69) is 0 Å². The quantitative estimate of drug-likeness (QED) is 0.594. The van der Waals surface area contributed by atoms with Crippen LogP contribution in [0, 0.1) is 11.3 Å². The summed E-state index contributed by atoms with van der Waals surface area (Å²) < 4.78 is 0. The number of carbonyl (C=O) groups is 1. The standard InChI is InChI=1S/C13H26N4O/c1-3-16(10-11(2)12(14)15)13(18)17-8-6-4-5-7-9-17/h11H,3-10H2,1-2H3,(H3,14,15). The summed E-state index contributed by atoms with van der Waals surface area (Å²) in [5.41, 5.74) is 5.47. The zero-order valence-electron chi connectivity index (χ0n) is 11.6. The summed E-state index contributed by atoms with van der Waals surface area (Å²) in [6, 6.07) is 0.104. The molecule has 18 heavy (non-hydrogen) atoms. The number of nitrogens with zero attached hydrogens (tertiary/aromatic N) is 2. The van der Waals surface area contributed by atoms with Crippen molar-refractivity contribution in [2.24, 2.45) is 11.7 Å². The van der Waals surface area contributed by atoms with Crippen molar-refractivity contribution < 1.29 is 4.79 Å². The van der Waals surface area contributed by atoms with Gasteiger partial charge in [0.1, 0.15) is 0 Å². The van der Waals surface area contributed by atoms with Crippen LogP contribution in [0.15, 0.2) is 0 Å². The molecule has 0 aromatic heterocycles. The molecule has 0 bridgehead atoms. The van der Waals surface area contributed by atoms with E-state index in [1.807, 2.05) is 18.7 Å². The van der Waals surface area contributed by atoms with E-state index in [1.165, 1.54) is 12.8 Å². The van der Waals surface area contributed by atoms with E-state index in [1.54, 1.807) is 4.90 Å². The summed E-state index contributed by atoms with van der Waals surface area (Å²) >= 11 is 0. The molecule has 1 unspecified atom stereocenters. The third kappa shape index (κ3) is 4.20. The molecule has 0 aromatic rings. The maximum absolute atomic E-state index is 12.4. The molecule has 1 aliphatic rings. The van der Waals surface area contributed by atoms with Crippen LogP contribution in [0.1, 0.15) is 39.5 Å². The lowest BCUT2D eigenvalue weighted by molar-refractivity contribution is 0.154. The van der Waals surface area contributed by atoms with Crippen LogP contribution in [0.3, 0.4) is 0 Å². The summed E-state index contributed by atoms with van der Waals surface area (Å²) in [5.74, 6) is 0.0815. The fourth-order valence-electron chi connectivity index (χ4n) is 2.23. The Kier molecular flexibility index (Phi) is 5.95. The van der Waals surface area contributed by atoms with E-state index in [0.29, 0.717) is 13.1 Å². The maximum Gasteiger partial charge on any atom is 0.320 e. The Balaban J connectivity index is 2.57. The van der Waals surface area contributed by atoms with Crippen LogP contribution in [0.25, 0.3) is 0 Å². The third-order valence-electron chi connectivity index (χ3n) is 3.55. The summed E-state index contributed by atoms with van der Waals surface area (Å²) in [6.45, 7) is 6.81. The second-order valence-corrected chi connectivity index (χ2v) is 5.08. The molecule has 0 radical (unpaired) electrons. The van der Waals surface area contributed by atoms with Gasteiger partial charge in [-0.05, 0) is 19.8 Å². The number of nitrogens with two attached hydrogens (primary N) is 1. The molecule has 104 valence electrons. The van der Waals surface area contributed by atoms with Crippen molar-refractivity contribution >= 4 is 11.9 Å². The smallest absolute Gasteiger partial charge is 0.320 e. The van der Waals surface area contributed by atoms with Gasteiger partial charge in [0.25, 0.3) is 0 Å². The Bertz CT molecular complexity index is 285. The molecular formula is C13H26N4O. The molecule has 5 nitrogen and oxygen atoms in total. The van der Waals surface area contributed by atoms with Crippen LogP contribution in [-0.2, 0) is 0 Å². The van der Waals surface area contributed by atoms with Crippen molar-refractivity contribution in [3.63, 3.8) is 0 Å². The van der Waals surface area contributed by atoms with Gasteiger partial charge in [-0.1, -0.05) is 19.8 Å². The first kappa shape index (κ1) is 14.8.